The van der Waals surface area contributed by atoms with Crippen LogP contribution in [0.4, 0.5) is 0 Å². The number of imidazole rings is 1. The highest BCUT2D eigenvalue weighted by atomic mass is 35.5. The van der Waals surface area contributed by atoms with Crippen LogP contribution in [0, 0.1) is 13.8 Å². The lowest BCUT2D eigenvalue weighted by Gasteiger charge is -2.14. The van der Waals surface area contributed by atoms with Gasteiger partial charge in [-0.1, -0.05) is 11.6 Å². The van der Waals surface area contributed by atoms with Gasteiger partial charge in [0.15, 0.2) is 11.0 Å². The average molecular weight is 263 g/mol. The smallest absolute Gasteiger partial charge is 0.176 e. The highest BCUT2D eigenvalue weighted by molar-refractivity contribution is 6.31. The van der Waals surface area contributed by atoms with Gasteiger partial charge in [-0.05, 0) is 39.5 Å². The Balaban J connectivity index is 2.15. The Bertz CT molecular complexity index is 603. The predicted molar refractivity (Wildman–Crippen MR) is 70.3 cm³/mol. The number of hydrogen-bond donors (Lipinski definition) is 0. The second-order valence-corrected chi connectivity index (χ2v) is 5.08. The van der Waals surface area contributed by atoms with Gasteiger partial charge in [-0.15, -0.1) is 0 Å². The zero-order valence-corrected chi connectivity index (χ0v) is 11.3. The van der Waals surface area contributed by atoms with E-state index < -0.39 is 0 Å². The third-order valence-electron chi connectivity index (χ3n) is 3.51. The minimum absolute atomic E-state index is 0.448. The Morgan fingerprint density at radius 3 is 2.67 bits per heavy atom. The van der Waals surface area contributed by atoms with Crippen molar-refractivity contribution in [3.8, 4) is 5.82 Å². The van der Waals surface area contributed by atoms with Crippen LogP contribution in [0.1, 0.15) is 35.6 Å². The second kappa shape index (κ2) is 4.35. The number of hydrogen-bond acceptors (Lipinski definition) is 3. The van der Waals surface area contributed by atoms with E-state index in [0.717, 1.165) is 24.2 Å². The Kier molecular flexibility index (Phi) is 2.82. The number of aromatic nitrogens is 4. The van der Waals surface area contributed by atoms with Crippen molar-refractivity contribution < 1.29 is 0 Å². The lowest BCUT2D eigenvalue weighted by atomic mass is 10.0. The fourth-order valence-electron chi connectivity index (χ4n) is 2.37. The molecule has 1 aliphatic carbocycles. The second-order valence-electron chi connectivity index (χ2n) is 4.72. The van der Waals surface area contributed by atoms with Gasteiger partial charge in [-0.3, -0.25) is 4.57 Å². The fraction of sp³-hybridized carbons (Fsp3) is 0.462. The van der Waals surface area contributed by atoms with Gasteiger partial charge >= 0.3 is 0 Å². The minimum Gasteiger partial charge on any atom is -0.285 e. The molecular formula is C13H15ClN4. The zero-order chi connectivity index (χ0) is 12.7. The van der Waals surface area contributed by atoms with E-state index in [2.05, 4.69) is 15.0 Å². The molecule has 0 amide bonds. The SMILES string of the molecule is Cc1nc(Cl)c(-n2cnc3c2CCCC3)nc1C. The first-order chi connectivity index (χ1) is 8.66. The molecule has 3 rings (SSSR count). The van der Waals surface area contributed by atoms with E-state index in [-0.39, 0.29) is 0 Å². The van der Waals surface area contributed by atoms with Gasteiger partial charge in [0.1, 0.15) is 6.33 Å². The first kappa shape index (κ1) is 11.7. The molecule has 5 heteroatoms. The molecule has 0 aromatic carbocycles. The maximum absolute atomic E-state index is 6.21. The van der Waals surface area contributed by atoms with Crippen molar-refractivity contribution >= 4 is 11.6 Å². The summed E-state index contributed by atoms with van der Waals surface area (Å²) in [5.74, 6) is 0.704. The average Bonchev–Trinajstić information content (AvgIpc) is 2.78. The molecule has 4 nitrogen and oxygen atoms in total. The molecule has 0 radical (unpaired) electrons. The van der Waals surface area contributed by atoms with Crippen LogP contribution in [0.3, 0.4) is 0 Å². The first-order valence-corrected chi connectivity index (χ1v) is 6.61. The monoisotopic (exact) mass is 262 g/mol. The molecule has 1 aliphatic rings. The molecular weight excluding hydrogens is 248 g/mol. The van der Waals surface area contributed by atoms with Gasteiger partial charge in [0.2, 0.25) is 0 Å². The molecule has 94 valence electrons. The molecule has 2 aromatic heterocycles. The summed E-state index contributed by atoms with van der Waals surface area (Å²) in [5.41, 5.74) is 4.20. The van der Waals surface area contributed by atoms with Gasteiger partial charge in [-0.25, -0.2) is 15.0 Å². The van der Waals surface area contributed by atoms with Crippen LogP contribution in [-0.4, -0.2) is 19.5 Å². The van der Waals surface area contributed by atoms with Crippen molar-refractivity contribution in [1.82, 2.24) is 19.5 Å². The number of aryl methyl sites for hydroxylation is 3. The molecule has 0 saturated heterocycles. The number of rotatable bonds is 1. The Morgan fingerprint density at radius 2 is 1.83 bits per heavy atom. The summed E-state index contributed by atoms with van der Waals surface area (Å²) in [7, 11) is 0. The Morgan fingerprint density at radius 1 is 1.11 bits per heavy atom. The van der Waals surface area contributed by atoms with Crippen LogP contribution in [0.2, 0.25) is 5.15 Å². The summed E-state index contributed by atoms with van der Waals surface area (Å²) in [6, 6.07) is 0. The van der Waals surface area contributed by atoms with Crippen molar-refractivity contribution in [2.24, 2.45) is 0 Å². The lowest BCUT2D eigenvalue weighted by Crippen LogP contribution is -2.10. The van der Waals surface area contributed by atoms with E-state index in [4.69, 9.17) is 11.6 Å². The molecule has 0 bridgehead atoms. The van der Waals surface area contributed by atoms with Crippen molar-refractivity contribution in [2.75, 3.05) is 0 Å². The van der Waals surface area contributed by atoms with E-state index in [0.29, 0.717) is 11.0 Å². The van der Waals surface area contributed by atoms with Crippen LogP contribution in [-0.2, 0) is 12.8 Å². The third-order valence-corrected chi connectivity index (χ3v) is 3.76. The molecule has 0 atom stereocenters. The summed E-state index contributed by atoms with van der Waals surface area (Å²) in [6.07, 6.45) is 6.34. The van der Waals surface area contributed by atoms with E-state index in [1.54, 1.807) is 0 Å². The number of fused-ring (bicyclic) bond motifs is 1. The highest BCUT2D eigenvalue weighted by Gasteiger charge is 2.19. The molecule has 0 N–H and O–H groups in total. The topological polar surface area (TPSA) is 43.6 Å². The van der Waals surface area contributed by atoms with E-state index >= 15 is 0 Å². The molecule has 18 heavy (non-hydrogen) atoms. The van der Waals surface area contributed by atoms with Crippen molar-refractivity contribution in [1.29, 1.82) is 0 Å². The lowest BCUT2D eigenvalue weighted by molar-refractivity contribution is 0.653. The van der Waals surface area contributed by atoms with Gasteiger partial charge in [0.25, 0.3) is 0 Å². The standard InChI is InChI=1S/C13H15ClN4/c1-8-9(2)17-13(12(14)16-8)18-7-15-10-5-3-4-6-11(10)18/h7H,3-6H2,1-2H3. The van der Waals surface area contributed by atoms with Crippen molar-refractivity contribution in [3.05, 3.63) is 34.3 Å². The molecule has 0 aliphatic heterocycles. The maximum atomic E-state index is 6.21. The fourth-order valence-corrected chi connectivity index (χ4v) is 2.63. The molecule has 2 heterocycles. The zero-order valence-electron chi connectivity index (χ0n) is 10.6. The summed E-state index contributed by atoms with van der Waals surface area (Å²) in [4.78, 5) is 13.3. The van der Waals surface area contributed by atoms with E-state index in [1.165, 1.54) is 24.2 Å². The maximum Gasteiger partial charge on any atom is 0.176 e. The van der Waals surface area contributed by atoms with Crippen LogP contribution < -0.4 is 0 Å². The number of halogens is 1. The molecule has 0 saturated carbocycles. The summed E-state index contributed by atoms with van der Waals surface area (Å²) in [6.45, 7) is 3.87. The van der Waals surface area contributed by atoms with Gasteiger partial charge in [0, 0.05) is 5.69 Å². The van der Waals surface area contributed by atoms with Crippen LogP contribution in [0.25, 0.3) is 5.82 Å². The minimum atomic E-state index is 0.448. The van der Waals surface area contributed by atoms with Gasteiger partial charge in [-0.2, -0.15) is 0 Å². The highest BCUT2D eigenvalue weighted by Crippen LogP contribution is 2.25. The summed E-state index contributed by atoms with van der Waals surface area (Å²) in [5, 5.41) is 0.448. The van der Waals surface area contributed by atoms with Crippen LogP contribution in [0.5, 0.6) is 0 Å². The van der Waals surface area contributed by atoms with E-state index in [1.807, 2.05) is 24.7 Å². The normalized spacial score (nSPS) is 14.6. The van der Waals surface area contributed by atoms with Gasteiger partial charge < -0.3 is 0 Å². The molecule has 0 spiro atoms. The number of nitrogens with zero attached hydrogens (tertiary/aromatic N) is 4. The van der Waals surface area contributed by atoms with E-state index in [9.17, 15) is 0 Å². The largest absolute Gasteiger partial charge is 0.285 e. The Labute approximate surface area is 111 Å². The van der Waals surface area contributed by atoms with Crippen LogP contribution in [0.15, 0.2) is 6.33 Å². The Hall–Kier alpha value is -1.42. The predicted octanol–water partition coefficient (Wildman–Crippen LogP) is 2.81. The molecule has 0 unspecified atom stereocenters. The van der Waals surface area contributed by atoms with Gasteiger partial charge in [0.05, 0.1) is 17.1 Å². The van der Waals surface area contributed by atoms with Crippen LogP contribution >= 0.6 is 11.6 Å². The quantitative estimate of drug-likeness (QED) is 0.794. The van der Waals surface area contributed by atoms with Crippen molar-refractivity contribution in [2.45, 2.75) is 39.5 Å². The molecule has 2 aromatic rings. The summed E-state index contributed by atoms with van der Waals surface area (Å²) >= 11 is 6.21. The summed E-state index contributed by atoms with van der Waals surface area (Å²) < 4.78 is 2.00. The third kappa shape index (κ3) is 1.81. The van der Waals surface area contributed by atoms with Crippen molar-refractivity contribution in [3.63, 3.8) is 0 Å². The molecule has 0 fully saturated rings. The first-order valence-electron chi connectivity index (χ1n) is 6.23.